The highest BCUT2D eigenvalue weighted by Crippen LogP contribution is 2.30. The highest BCUT2D eigenvalue weighted by atomic mass is 16.6. The van der Waals surface area contributed by atoms with E-state index in [4.69, 9.17) is 9.47 Å². The fourth-order valence-corrected chi connectivity index (χ4v) is 2.79. The van der Waals surface area contributed by atoms with Gasteiger partial charge in [-0.15, -0.1) is 0 Å². The number of aromatic nitrogens is 2. The first-order chi connectivity index (χ1) is 12.8. The summed E-state index contributed by atoms with van der Waals surface area (Å²) in [6, 6.07) is 15.4. The lowest BCUT2D eigenvalue weighted by molar-refractivity contribution is 0.104. The number of carbonyl (C=O) groups is 1. The monoisotopic (exact) mass is 346 g/mol. The summed E-state index contributed by atoms with van der Waals surface area (Å²) in [4.78, 5) is 12.4. The van der Waals surface area contributed by atoms with E-state index in [9.17, 15) is 4.79 Å². The van der Waals surface area contributed by atoms with Crippen LogP contribution < -0.4 is 9.47 Å². The van der Waals surface area contributed by atoms with Gasteiger partial charge in [-0.1, -0.05) is 30.3 Å². The minimum absolute atomic E-state index is 0.0854. The van der Waals surface area contributed by atoms with Gasteiger partial charge in [0.1, 0.15) is 13.2 Å². The molecule has 0 N–H and O–H groups in total. The van der Waals surface area contributed by atoms with Crippen LogP contribution in [0.1, 0.15) is 21.5 Å². The molecule has 1 aliphatic heterocycles. The zero-order valence-electron chi connectivity index (χ0n) is 14.2. The molecule has 5 heteroatoms. The molecule has 26 heavy (non-hydrogen) atoms. The molecule has 0 saturated heterocycles. The number of hydrogen-bond donors (Lipinski definition) is 0. The van der Waals surface area contributed by atoms with Crippen LogP contribution in [0.3, 0.4) is 0 Å². The number of carbonyl (C=O) groups excluding carboxylic acids is 1. The highest BCUT2D eigenvalue weighted by molar-refractivity contribution is 6.07. The summed E-state index contributed by atoms with van der Waals surface area (Å²) in [5.74, 6) is 1.21. The van der Waals surface area contributed by atoms with E-state index in [0.717, 1.165) is 5.56 Å². The number of ether oxygens (including phenoxy) is 2. The van der Waals surface area contributed by atoms with E-state index >= 15 is 0 Å². The van der Waals surface area contributed by atoms with Gasteiger partial charge in [0.05, 0.1) is 12.7 Å². The SMILES string of the molecule is O=C(C=Cc1cnn(Cc2ccccc2)c1)c1ccc2c(c1)OCCO2. The number of hydrogen-bond acceptors (Lipinski definition) is 4. The average molecular weight is 346 g/mol. The van der Waals surface area contributed by atoms with E-state index in [-0.39, 0.29) is 5.78 Å². The molecule has 2 heterocycles. The van der Waals surface area contributed by atoms with Crippen LogP contribution in [0.25, 0.3) is 6.08 Å². The maximum Gasteiger partial charge on any atom is 0.185 e. The molecule has 0 aliphatic carbocycles. The van der Waals surface area contributed by atoms with Crippen molar-refractivity contribution < 1.29 is 14.3 Å². The molecule has 0 spiro atoms. The van der Waals surface area contributed by atoms with Crippen LogP contribution in [0.15, 0.2) is 67.0 Å². The predicted octanol–water partition coefficient (Wildman–Crippen LogP) is 3.60. The van der Waals surface area contributed by atoms with Crippen LogP contribution in [-0.2, 0) is 6.54 Å². The Morgan fingerprint density at radius 3 is 2.73 bits per heavy atom. The number of rotatable bonds is 5. The molecule has 4 rings (SSSR count). The normalized spacial score (nSPS) is 13.1. The summed E-state index contributed by atoms with van der Waals surface area (Å²) < 4.78 is 12.8. The first-order valence-corrected chi connectivity index (χ1v) is 8.46. The zero-order valence-corrected chi connectivity index (χ0v) is 14.2. The van der Waals surface area contributed by atoms with Gasteiger partial charge in [-0.2, -0.15) is 5.10 Å². The first-order valence-electron chi connectivity index (χ1n) is 8.46. The Bertz CT molecular complexity index is 945. The third kappa shape index (κ3) is 3.67. The number of nitrogens with zero attached hydrogens (tertiary/aromatic N) is 2. The van der Waals surface area contributed by atoms with E-state index in [2.05, 4.69) is 17.2 Å². The van der Waals surface area contributed by atoms with Crippen molar-refractivity contribution in [2.24, 2.45) is 0 Å². The smallest absolute Gasteiger partial charge is 0.185 e. The van der Waals surface area contributed by atoms with Gasteiger partial charge in [0.15, 0.2) is 17.3 Å². The molecule has 130 valence electrons. The molecule has 0 atom stereocenters. The largest absolute Gasteiger partial charge is 0.486 e. The summed E-state index contributed by atoms with van der Waals surface area (Å²) in [5, 5.41) is 4.34. The summed E-state index contributed by atoms with van der Waals surface area (Å²) in [6.07, 6.45) is 6.99. The zero-order chi connectivity index (χ0) is 17.8. The number of fused-ring (bicyclic) bond motifs is 1. The summed E-state index contributed by atoms with van der Waals surface area (Å²) >= 11 is 0. The van der Waals surface area contributed by atoms with E-state index in [1.54, 1.807) is 36.5 Å². The van der Waals surface area contributed by atoms with E-state index in [1.165, 1.54) is 5.56 Å². The topological polar surface area (TPSA) is 53.4 Å². The van der Waals surface area contributed by atoms with Crippen LogP contribution in [0, 0.1) is 0 Å². The van der Waals surface area contributed by atoms with Crippen molar-refractivity contribution in [2.45, 2.75) is 6.54 Å². The fourth-order valence-electron chi connectivity index (χ4n) is 2.79. The highest BCUT2D eigenvalue weighted by Gasteiger charge is 2.13. The van der Waals surface area contributed by atoms with Gasteiger partial charge in [0.25, 0.3) is 0 Å². The molecule has 0 bridgehead atoms. The van der Waals surface area contributed by atoms with Crippen molar-refractivity contribution in [3.8, 4) is 11.5 Å². The molecular formula is C21H18N2O3. The molecule has 1 aliphatic rings. The van der Waals surface area contributed by atoms with E-state index < -0.39 is 0 Å². The van der Waals surface area contributed by atoms with Crippen LogP contribution in [0.2, 0.25) is 0 Å². The quantitative estimate of drug-likeness (QED) is 0.523. The van der Waals surface area contributed by atoms with Crippen molar-refractivity contribution in [3.63, 3.8) is 0 Å². The predicted molar refractivity (Wildman–Crippen MR) is 98.6 cm³/mol. The van der Waals surface area contributed by atoms with Gasteiger partial charge in [-0.3, -0.25) is 9.48 Å². The van der Waals surface area contributed by atoms with Gasteiger partial charge in [0, 0.05) is 17.3 Å². The van der Waals surface area contributed by atoms with Crippen molar-refractivity contribution in [1.82, 2.24) is 9.78 Å². The van der Waals surface area contributed by atoms with Crippen molar-refractivity contribution in [2.75, 3.05) is 13.2 Å². The minimum Gasteiger partial charge on any atom is -0.486 e. The molecule has 0 radical (unpaired) electrons. The second kappa shape index (κ2) is 7.27. The third-order valence-electron chi connectivity index (χ3n) is 4.09. The summed E-state index contributed by atoms with van der Waals surface area (Å²) in [6.45, 7) is 1.74. The molecule has 0 unspecified atom stereocenters. The van der Waals surface area contributed by atoms with Crippen LogP contribution in [-0.4, -0.2) is 28.8 Å². The lowest BCUT2D eigenvalue weighted by atomic mass is 10.1. The molecule has 1 aromatic heterocycles. The number of benzene rings is 2. The Morgan fingerprint density at radius 1 is 1.08 bits per heavy atom. The Kier molecular flexibility index (Phi) is 4.51. The van der Waals surface area contributed by atoms with Gasteiger partial charge in [0.2, 0.25) is 0 Å². The second-order valence-corrected chi connectivity index (χ2v) is 6.01. The standard InChI is InChI=1S/C21H18N2O3/c24-19(18-7-9-20-21(12-18)26-11-10-25-20)8-6-17-13-22-23(15-17)14-16-4-2-1-3-5-16/h1-9,12-13,15H,10-11,14H2. The van der Waals surface area contributed by atoms with Gasteiger partial charge in [-0.25, -0.2) is 0 Å². The van der Waals surface area contributed by atoms with Crippen LogP contribution in [0.4, 0.5) is 0 Å². The second-order valence-electron chi connectivity index (χ2n) is 6.01. The first kappa shape index (κ1) is 16.1. The fraction of sp³-hybridized carbons (Fsp3) is 0.143. The molecule has 0 fully saturated rings. The molecule has 0 saturated carbocycles. The van der Waals surface area contributed by atoms with Crippen molar-refractivity contribution in [1.29, 1.82) is 0 Å². The summed E-state index contributed by atoms with van der Waals surface area (Å²) in [7, 11) is 0. The average Bonchev–Trinajstić information content (AvgIpc) is 3.14. The van der Waals surface area contributed by atoms with Crippen molar-refractivity contribution in [3.05, 3.63) is 83.7 Å². The van der Waals surface area contributed by atoms with Crippen LogP contribution >= 0.6 is 0 Å². The molecule has 3 aromatic rings. The van der Waals surface area contributed by atoms with Crippen molar-refractivity contribution >= 4 is 11.9 Å². The Labute approximate surface area is 151 Å². The van der Waals surface area contributed by atoms with Gasteiger partial charge in [-0.05, 0) is 35.9 Å². The molecule has 0 amide bonds. The van der Waals surface area contributed by atoms with Gasteiger partial charge >= 0.3 is 0 Å². The van der Waals surface area contributed by atoms with Crippen LogP contribution in [0.5, 0.6) is 11.5 Å². The lowest BCUT2D eigenvalue weighted by Gasteiger charge is -2.18. The third-order valence-corrected chi connectivity index (χ3v) is 4.09. The molecular weight excluding hydrogens is 328 g/mol. The maximum absolute atomic E-state index is 12.4. The Morgan fingerprint density at radius 2 is 1.88 bits per heavy atom. The van der Waals surface area contributed by atoms with Gasteiger partial charge < -0.3 is 9.47 Å². The Hall–Kier alpha value is -3.34. The Balaban J connectivity index is 1.44. The van der Waals surface area contributed by atoms with E-state index in [0.29, 0.717) is 36.8 Å². The lowest BCUT2D eigenvalue weighted by Crippen LogP contribution is -2.15. The number of ketones is 1. The molecule has 2 aromatic carbocycles. The maximum atomic E-state index is 12.4. The molecule has 5 nitrogen and oxygen atoms in total. The minimum atomic E-state index is -0.0854. The van der Waals surface area contributed by atoms with E-state index in [1.807, 2.05) is 29.1 Å². The number of allylic oxidation sites excluding steroid dienone is 1. The summed E-state index contributed by atoms with van der Waals surface area (Å²) in [5.41, 5.74) is 2.63.